The Balaban J connectivity index is 2.58. The van der Waals surface area contributed by atoms with Crippen LogP contribution in [0.15, 0.2) is 41.6 Å². The number of pyridine rings is 2. The van der Waals surface area contributed by atoms with E-state index in [1.165, 1.54) is 0 Å². The molecule has 0 amide bonds. The molecule has 0 spiro atoms. The highest BCUT2D eigenvalue weighted by Crippen LogP contribution is 2.24. The van der Waals surface area contributed by atoms with Gasteiger partial charge in [0, 0.05) is 17.3 Å². The lowest BCUT2D eigenvalue weighted by atomic mass is 10.2. The van der Waals surface area contributed by atoms with Crippen LogP contribution in [0, 0.1) is 6.92 Å². The Morgan fingerprint density at radius 2 is 1.93 bits per heavy atom. The summed E-state index contributed by atoms with van der Waals surface area (Å²) in [6.45, 7) is 2.01. The van der Waals surface area contributed by atoms with Crippen molar-refractivity contribution in [1.82, 2.24) is 9.97 Å². The van der Waals surface area contributed by atoms with Crippen molar-refractivity contribution in [2.24, 2.45) is 0 Å². The lowest BCUT2D eigenvalue weighted by Crippen LogP contribution is -1.90. The summed E-state index contributed by atoms with van der Waals surface area (Å²) in [4.78, 5) is 9.40. The first-order chi connectivity index (χ1) is 6.79. The molecule has 0 radical (unpaired) electrons. The minimum Gasteiger partial charge on any atom is -0.255 e. The van der Waals surface area contributed by atoms with Gasteiger partial charge < -0.3 is 0 Å². The van der Waals surface area contributed by atoms with E-state index in [2.05, 4.69) is 22.6 Å². The van der Waals surface area contributed by atoms with E-state index >= 15 is 0 Å². The molecule has 2 heterocycles. The zero-order chi connectivity index (χ0) is 9.97. The topological polar surface area (TPSA) is 25.8 Å². The fraction of sp³-hybridized carbons (Fsp3) is 0.0909. The molecule has 0 unspecified atom stereocenters. The van der Waals surface area contributed by atoms with E-state index in [-0.39, 0.29) is 0 Å². The summed E-state index contributed by atoms with van der Waals surface area (Å²) in [6, 6.07) is 7.70. The fourth-order valence-corrected chi connectivity index (χ4v) is 1.49. The third-order valence-corrected chi connectivity index (χ3v) is 2.60. The lowest BCUT2D eigenvalue weighted by Gasteiger charge is -2.04. The molecule has 0 aromatic carbocycles. The zero-order valence-corrected chi connectivity index (χ0v) is 8.70. The third kappa shape index (κ3) is 1.63. The van der Waals surface area contributed by atoms with Crippen LogP contribution in [0.2, 0.25) is 0 Å². The van der Waals surface area contributed by atoms with Crippen molar-refractivity contribution >= 4 is 12.6 Å². The second-order valence-corrected chi connectivity index (χ2v) is 3.49. The predicted molar refractivity (Wildman–Crippen MR) is 59.5 cm³/mol. The second kappa shape index (κ2) is 3.80. The molecule has 14 heavy (non-hydrogen) atoms. The molecule has 0 saturated heterocycles. The normalized spacial score (nSPS) is 10.1. The summed E-state index contributed by atoms with van der Waals surface area (Å²) < 4.78 is 0. The van der Waals surface area contributed by atoms with E-state index < -0.39 is 0 Å². The molecule has 0 saturated carbocycles. The van der Waals surface area contributed by atoms with Gasteiger partial charge in [0.25, 0.3) is 0 Å². The van der Waals surface area contributed by atoms with Crippen molar-refractivity contribution in [3.63, 3.8) is 0 Å². The number of aryl methyl sites for hydroxylation is 1. The molecule has 3 heteroatoms. The minimum atomic E-state index is 0.842. The van der Waals surface area contributed by atoms with Gasteiger partial charge >= 0.3 is 0 Å². The number of aromatic nitrogens is 2. The zero-order valence-electron chi connectivity index (χ0n) is 7.81. The van der Waals surface area contributed by atoms with Gasteiger partial charge in [-0.25, -0.2) is 0 Å². The smallest absolute Gasteiger partial charge is 0.102 e. The van der Waals surface area contributed by atoms with Gasteiger partial charge in [0.15, 0.2) is 0 Å². The second-order valence-electron chi connectivity index (χ2n) is 3.04. The van der Waals surface area contributed by atoms with E-state index in [9.17, 15) is 0 Å². The molecule has 0 bridgehead atoms. The average Bonchev–Trinajstić information content (AvgIpc) is 2.23. The first-order valence-electron chi connectivity index (χ1n) is 4.35. The Kier molecular flexibility index (Phi) is 2.50. The Bertz CT molecular complexity index is 440. The Labute approximate surface area is 88.4 Å². The molecule has 0 fully saturated rings. The third-order valence-electron chi connectivity index (χ3n) is 2.03. The highest BCUT2D eigenvalue weighted by atomic mass is 32.1. The van der Waals surface area contributed by atoms with Crippen LogP contribution in [0.1, 0.15) is 5.56 Å². The summed E-state index contributed by atoms with van der Waals surface area (Å²) in [5.41, 5.74) is 2.82. The number of rotatable bonds is 1. The van der Waals surface area contributed by atoms with Crippen LogP contribution in [-0.2, 0) is 0 Å². The first-order valence-corrected chi connectivity index (χ1v) is 4.80. The monoisotopic (exact) mass is 202 g/mol. The van der Waals surface area contributed by atoms with Gasteiger partial charge in [-0.15, -0.1) is 12.6 Å². The molecular formula is C11H10N2S. The van der Waals surface area contributed by atoms with Crippen LogP contribution in [0.25, 0.3) is 11.4 Å². The fourth-order valence-electron chi connectivity index (χ4n) is 1.24. The van der Waals surface area contributed by atoms with Crippen molar-refractivity contribution in [1.29, 1.82) is 0 Å². The number of hydrogen-bond acceptors (Lipinski definition) is 3. The molecule has 0 aliphatic heterocycles. The molecule has 2 rings (SSSR count). The molecular weight excluding hydrogens is 192 g/mol. The van der Waals surface area contributed by atoms with E-state index in [1.807, 2.05) is 31.2 Å². The Morgan fingerprint density at radius 3 is 2.64 bits per heavy atom. The Hall–Kier alpha value is -1.35. The highest BCUT2D eigenvalue weighted by Gasteiger charge is 2.05. The maximum Gasteiger partial charge on any atom is 0.102 e. The molecule has 2 aromatic heterocycles. The van der Waals surface area contributed by atoms with Gasteiger partial charge in [0.2, 0.25) is 0 Å². The molecule has 70 valence electrons. The Morgan fingerprint density at radius 1 is 1.07 bits per heavy atom. The van der Waals surface area contributed by atoms with Crippen LogP contribution in [0.4, 0.5) is 0 Å². The van der Waals surface area contributed by atoms with Crippen molar-refractivity contribution in [3.8, 4) is 11.4 Å². The summed E-state index contributed by atoms with van der Waals surface area (Å²) in [5.74, 6) is 0. The van der Waals surface area contributed by atoms with E-state index in [0.29, 0.717) is 0 Å². The van der Waals surface area contributed by atoms with E-state index in [0.717, 1.165) is 21.8 Å². The number of hydrogen-bond donors (Lipinski definition) is 1. The maximum atomic E-state index is 4.42. The molecule has 0 aliphatic rings. The standard InChI is InChI=1S/C11H10N2S/c1-8-5-7-13-10(11(8)14)9-4-2-3-6-12-9/h2-7,14H,1H3. The number of thiol groups is 1. The van der Waals surface area contributed by atoms with Gasteiger partial charge in [-0.05, 0) is 30.7 Å². The molecule has 0 atom stereocenters. The summed E-state index contributed by atoms with van der Waals surface area (Å²) >= 11 is 4.42. The summed E-state index contributed by atoms with van der Waals surface area (Å²) in [5, 5.41) is 0. The summed E-state index contributed by atoms with van der Waals surface area (Å²) in [6.07, 6.45) is 3.53. The van der Waals surface area contributed by atoms with Crippen molar-refractivity contribution in [2.75, 3.05) is 0 Å². The van der Waals surface area contributed by atoms with Gasteiger partial charge in [-0.1, -0.05) is 6.07 Å². The largest absolute Gasteiger partial charge is 0.255 e. The first kappa shape index (κ1) is 9.21. The van der Waals surface area contributed by atoms with Crippen LogP contribution >= 0.6 is 12.6 Å². The molecule has 0 aliphatic carbocycles. The van der Waals surface area contributed by atoms with Crippen LogP contribution in [-0.4, -0.2) is 9.97 Å². The van der Waals surface area contributed by atoms with E-state index in [4.69, 9.17) is 0 Å². The average molecular weight is 202 g/mol. The minimum absolute atomic E-state index is 0.842. The van der Waals surface area contributed by atoms with Crippen molar-refractivity contribution in [2.45, 2.75) is 11.8 Å². The SMILES string of the molecule is Cc1ccnc(-c2ccccn2)c1S. The molecule has 0 N–H and O–H groups in total. The van der Waals surface area contributed by atoms with Crippen LogP contribution in [0.5, 0.6) is 0 Å². The van der Waals surface area contributed by atoms with Crippen molar-refractivity contribution < 1.29 is 0 Å². The predicted octanol–water partition coefficient (Wildman–Crippen LogP) is 2.74. The van der Waals surface area contributed by atoms with Crippen LogP contribution < -0.4 is 0 Å². The molecule has 2 nitrogen and oxygen atoms in total. The maximum absolute atomic E-state index is 4.42. The summed E-state index contributed by atoms with van der Waals surface area (Å²) in [7, 11) is 0. The lowest BCUT2D eigenvalue weighted by molar-refractivity contribution is 1.15. The van der Waals surface area contributed by atoms with Crippen molar-refractivity contribution in [3.05, 3.63) is 42.2 Å². The quantitative estimate of drug-likeness (QED) is 0.719. The van der Waals surface area contributed by atoms with Gasteiger partial charge in [0.1, 0.15) is 5.69 Å². The van der Waals surface area contributed by atoms with Gasteiger partial charge in [-0.2, -0.15) is 0 Å². The van der Waals surface area contributed by atoms with E-state index in [1.54, 1.807) is 12.4 Å². The number of nitrogens with zero attached hydrogens (tertiary/aromatic N) is 2. The van der Waals surface area contributed by atoms with Gasteiger partial charge in [-0.3, -0.25) is 9.97 Å². The molecule has 2 aromatic rings. The van der Waals surface area contributed by atoms with Crippen LogP contribution in [0.3, 0.4) is 0 Å². The highest BCUT2D eigenvalue weighted by molar-refractivity contribution is 7.80. The van der Waals surface area contributed by atoms with Gasteiger partial charge in [0.05, 0.1) is 5.69 Å².